The fourth-order valence-corrected chi connectivity index (χ4v) is 3.57. The van der Waals surface area contributed by atoms with Gasteiger partial charge < -0.3 is 5.32 Å². The first kappa shape index (κ1) is 20.3. The summed E-state index contributed by atoms with van der Waals surface area (Å²) in [6, 6.07) is 0. The van der Waals surface area contributed by atoms with Gasteiger partial charge in [-0.3, -0.25) is 15.2 Å². The Kier molecular flexibility index (Phi) is 10.7. The van der Waals surface area contributed by atoms with Crippen molar-refractivity contribution in [3.05, 3.63) is 16.1 Å². The normalized spacial score (nSPS) is 11.1. The molecule has 0 saturated heterocycles. The van der Waals surface area contributed by atoms with Crippen LogP contribution in [0.25, 0.3) is 0 Å². The van der Waals surface area contributed by atoms with E-state index in [0.29, 0.717) is 19.0 Å². The Hall–Kier alpha value is -1.74. The van der Waals surface area contributed by atoms with Crippen molar-refractivity contribution >= 4 is 29.1 Å². The quantitative estimate of drug-likeness (QED) is 0.165. The highest BCUT2D eigenvalue weighted by Gasteiger charge is 2.06. The first-order valence-corrected chi connectivity index (χ1v) is 9.87. The molecule has 0 aliphatic heterocycles. The van der Waals surface area contributed by atoms with Crippen molar-refractivity contribution in [2.24, 2.45) is 4.99 Å². The van der Waals surface area contributed by atoms with Crippen molar-refractivity contribution in [1.82, 2.24) is 20.5 Å². The smallest absolute Gasteiger partial charge is 0.205 e. The highest BCUT2D eigenvalue weighted by Crippen LogP contribution is 2.17. The molecule has 0 amide bonds. The predicted octanol–water partition coefficient (Wildman–Crippen LogP) is 1.87. The molecule has 2 N–H and O–H groups in total. The van der Waals surface area contributed by atoms with E-state index >= 15 is 0 Å². The number of aliphatic imine (C=N–C) groups is 1. The molecule has 6 nitrogen and oxygen atoms in total. The Morgan fingerprint density at radius 3 is 2.96 bits per heavy atom. The Morgan fingerprint density at radius 2 is 2.29 bits per heavy atom. The molecule has 0 aliphatic rings. The molecule has 8 heteroatoms. The van der Waals surface area contributed by atoms with Gasteiger partial charge in [-0.2, -0.15) is 17.0 Å². The second-order valence-corrected chi connectivity index (χ2v) is 6.82. The number of hydrogen-bond acceptors (Lipinski definition) is 6. The molecule has 0 unspecified atom stereocenters. The molecule has 0 fully saturated rings. The predicted molar refractivity (Wildman–Crippen MR) is 103 cm³/mol. The summed E-state index contributed by atoms with van der Waals surface area (Å²) in [7, 11) is 0. The Morgan fingerprint density at radius 1 is 1.50 bits per heavy atom. The van der Waals surface area contributed by atoms with E-state index in [2.05, 4.69) is 50.7 Å². The fraction of sp³-hybridized carbons (Fsp3) is 0.562. The van der Waals surface area contributed by atoms with Gasteiger partial charge in [0, 0.05) is 23.4 Å². The minimum atomic E-state index is 0.342. The van der Waals surface area contributed by atoms with Gasteiger partial charge in [-0.05, 0) is 13.1 Å². The third-order valence-corrected chi connectivity index (χ3v) is 5.17. The average molecular weight is 365 g/mol. The van der Waals surface area contributed by atoms with E-state index in [1.54, 1.807) is 23.1 Å². The van der Waals surface area contributed by atoms with Gasteiger partial charge in [-0.25, -0.2) is 4.98 Å². The minimum Gasteiger partial charge on any atom is -0.345 e. The van der Waals surface area contributed by atoms with Crippen molar-refractivity contribution in [3.63, 3.8) is 0 Å². The number of guanidine groups is 1. The zero-order chi connectivity index (χ0) is 17.6. The SMILES string of the molecule is C#CCNC(=NCCSCc1nc(CN(CC)CC)cs1)NC#N. The molecular formula is C16H24N6S2. The molecule has 0 radical (unpaired) electrons. The number of terminal acetylenes is 1. The van der Waals surface area contributed by atoms with Gasteiger partial charge in [0.15, 0.2) is 6.19 Å². The van der Waals surface area contributed by atoms with E-state index in [1.807, 2.05) is 6.19 Å². The Balaban J connectivity index is 2.31. The van der Waals surface area contributed by atoms with Crippen molar-refractivity contribution in [2.75, 3.05) is 31.9 Å². The summed E-state index contributed by atoms with van der Waals surface area (Å²) in [5, 5.41) is 17.3. The summed E-state index contributed by atoms with van der Waals surface area (Å²) in [6.07, 6.45) is 7.01. The molecule has 0 bridgehead atoms. The van der Waals surface area contributed by atoms with Crippen LogP contribution in [0, 0.1) is 23.8 Å². The number of aromatic nitrogens is 1. The lowest BCUT2D eigenvalue weighted by Crippen LogP contribution is -2.34. The lowest BCUT2D eigenvalue weighted by atomic mass is 10.4. The average Bonchev–Trinajstić information content (AvgIpc) is 3.04. The lowest BCUT2D eigenvalue weighted by molar-refractivity contribution is 0.293. The highest BCUT2D eigenvalue weighted by molar-refractivity contribution is 7.98. The van der Waals surface area contributed by atoms with E-state index in [4.69, 9.17) is 11.7 Å². The maximum absolute atomic E-state index is 8.64. The van der Waals surface area contributed by atoms with Crippen molar-refractivity contribution in [1.29, 1.82) is 5.26 Å². The molecule has 1 aromatic rings. The standard InChI is InChI=1S/C16H24N6S2/c1-4-7-18-16(20-13-17)19-8-9-23-12-15-21-14(11-24-15)10-22(5-2)6-3/h1,11H,5-10,12H2,2-3H3,(H2,18,19,20). The molecule has 0 atom stereocenters. The van der Waals surface area contributed by atoms with Crippen LogP contribution in [0.3, 0.4) is 0 Å². The maximum atomic E-state index is 8.64. The molecule has 1 rings (SSSR count). The Bertz CT molecular complexity index is 580. The summed E-state index contributed by atoms with van der Waals surface area (Å²) in [4.78, 5) is 11.3. The Labute approximate surface area is 152 Å². The summed E-state index contributed by atoms with van der Waals surface area (Å²) in [5.74, 6) is 4.62. The topological polar surface area (TPSA) is 76.3 Å². The number of nitrogens with zero attached hydrogens (tertiary/aromatic N) is 4. The van der Waals surface area contributed by atoms with Crippen LogP contribution < -0.4 is 10.6 Å². The summed E-state index contributed by atoms with van der Waals surface area (Å²) >= 11 is 3.49. The number of rotatable bonds is 10. The third-order valence-electron chi connectivity index (χ3n) is 3.14. The van der Waals surface area contributed by atoms with E-state index in [9.17, 15) is 0 Å². The van der Waals surface area contributed by atoms with Crippen molar-refractivity contribution in [3.8, 4) is 18.5 Å². The summed E-state index contributed by atoms with van der Waals surface area (Å²) in [5.41, 5.74) is 1.15. The highest BCUT2D eigenvalue weighted by atomic mass is 32.2. The van der Waals surface area contributed by atoms with Crippen LogP contribution in [0.15, 0.2) is 10.4 Å². The molecule has 0 aromatic carbocycles. The van der Waals surface area contributed by atoms with Crippen molar-refractivity contribution < 1.29 is 0 Å². The third kappa shape index (κ3) is 8.21. The summed E-state index contributed by atoms with van der Waals surface area (Å²) in [6.45, 7) is 8.30. The van der Waals surface area contributed by atoms with Crippen LogP contribution in [0.1, 0.15) is 24.5 Å². The van der Waals surface area contributed by atoms with Gasteiger partial charge in [0.05, 0.1) is 18.8 Å². The second-order valence-electron chi connectivity index (χ2n) is 4.77. The number of thiazole rings is 1. The van der Waals surface area contributed by atoms with Crippen LogP contribution in [0.5, 0.6) is 0 Å². The second kappa shape index (κ2) is 12.7. The van der Waals surface area contributed by atoms with Crippen molar-refractivity contribution in [2.45, 2.75) is 26.1 Å². The van der Waals surface area contributed by atoms with Gasteiger partial charge in [0.1, 0.15) is 5.01 Å². The van der Waals surface area contributed by atoms with E-state index in [1.165, 1.54) is 0 Å². The van der Waals surface area contributed by atoms with Gasteiger partial charge >= 0.3 is 0 Å². The molecule has 130 valence electrons. The maximum Gasteiger partial charge on any atom is 0.205 e. The first-order chi connectivity index (χ1) is 11.7. The fourth-order valence-electron chi connectivity index (χ4n) is 1.87. The van der Waals surface area contributed by atoms with E-state index < -0.39 is 0 Å². The van der Waals surface area contributed by atoms with Crippen LogP contribution in [0.2, 0.25) is 0 Å². The number of nitriles is 1. The zero-order valence-electron chi connectivity index (χ0n) is 14.2. The van der Waals surface area contributed by atoms with Gasteiger partial charge in [-0.1, -0.05) is 19.8 Å². The number of nitrogens with one attached hydrogen (secondary N) is 2. The molecule has 0 aliphatic carbocycles. The van der Waals surface area contributed by atoms with Crippen LogP contribution in [-0.2, 0) is 12.3 Å². The molecule has 24 heavy (non-hydrogen) atoms. The minimum absolute atomic E-state index is 0.342. The first-order valence-electron chi connectivity index (χ1n) is 7.83. The van der Waals surface area contributed by atoms with Crippen LogP contribution in [0.4, 0.5) is 0 Å². The van der Waals surface area contributed by atoms with Gasteiger partial charge in [-0.15, -0.1) is 17.8 Å². The van der Waals surface area contributed by atoms with Crippen LogP contribution in [-0.4, -0.2) is 47.8 Å². The number of hydrogen-bond donors (Lipinski definition) is 2. The monoisotopic (exact) mass is 364 g/mol. The molecule has 1 heterocycles. The molecule has 0 spiro atoms. The summed E-state index contributed by atoms with van der Waals surface area (Å²) < 4.78 is 0. The van der Waals surface area contributed by atoms with Crippen LogP contribution >= 0.6 is 23.1 Å². The van der Waals surface area contributed by atoms with Gasteiger partial charge in [0.25, 0.3) is 0 Å². The largest absolute Gasteiger partial charge is 0.345 e. The zero-order valence-corrected chi connectivity index (χ0v) is 15.8. The van der Waals surface area contributed by atoms with E-state index in [0.717, 1.165) is 41.8 Å². The molecular weight excluding hydrogens is 340 g/mol. The molecule has 0 saturated carbocycles. The number of thioether (sulfide) groups is 1. The lowest BCUT2D eigenvalue weighted by Gasteiger charge is -2.15. The molecule has 1 aromatic heterocycles. The van der Waals surface area contributed by atoms with Gasteiger partial charge in [0.2, 0.25) is 5.96 Å². The van der Waals surface area contributed by atoms with E-state index in [-0.39, 0.29) is 0 Å².